The largest absolute Gasteiger partial charge is 0.352 e. The van der Waals surface area contributed by atoms with E-state index in [4.69, 9.17) is 23.2 Å². The summed E-state index contributed by atoms with van der Waals surface area (Å²) in [7, 11) is 0. The van der Waals surface area contributed by atoms with Crippen molar-refractivity contribution in [2.45, 2.75) is 43.5 Å². The number of alkyl halides is 1. The lowest BCUT2D eigenvalue weighted by atomic mass is 9.95. The SMILES string of the molecule is O=C(NC1CCCCC1)C(Cl)c1ccc(Cl)cc1. The Morgan fingerprint density at radius 3 is 2.39 bits per heavy atom. The van der Waals surface area contributed by atoms with Crippen molar-refractivity contribution in [2.24, 2.45) is 0 Å². The fraction of sp³-hybridized carbons (Fsp3) is 0.500. The Bertz CT molecular complexity index is 399. The Kier molecular flexibility index (Phi) is 4.90. The van der Waals surface area contributed by atoms with Crippen LogP contribution in [0.3, 0.4) is 0 Å². The van der Waals surface area contributed by atoms with E-state index in [1.165, 1.54) is 19.3 Å². The third-order valence-corrected chi connectivity index (χ3v) is 4.05. The van der Waals surface area contributed by atoms with Crippen LogP contribution in [-0.4, -0.2) is 11.9 Å². The maximum atomic E-state index is 12.0. The van der Waals surface area contributed by atoms with Crippen molar-refractivity contribution < 1.29 is 4.79 Å². The molecule has 0 radical (unpaired) electrons. The molecule has 2 rings (SSSR count). The van der Waals surface area contributed by atoms with E-state index in [-0.39, 0.29) is 5.91 Å². The lowest BCUT2D eigenvalue weighted by Crippen LogP contribution is -2.38. The zero-order valence-electron chi connectivity index (χ0n) is 10.2. The summed E-state index contributed by atoms with van der Waals surface area (Å²) >= 11 is 12.0. The van der Waals surface area contributed by atoms with Gasteiger partial charge >= 0.3 is 0 Å². The first-order valence-electron chi connectivity index (χ1n) is 6.37. The molecule has 1 aromatic rings. The van der Waals surface area contributed by atoms with E-state index in [0.717, 1.165) is 18.4 Å². The van der Waals surface area contributed by atoms with Gasteiger partial charge in [-0.2, -0.15) is 0 Å². The highest BCUT2D eigenvalue weighted by molar-refractivity contribution is 6.31. The zero-order chi connectivity index (χ0) is 13.0. The highest BCUT2D eigenvalue weighted by Crippen LogP contribution is 2.24. The summed E-state index contributed by atoms with van der Waals surface area (Å²) in [5, 5.41) is 3.04. The van der Waals surface area contributed by atoms with Crippen molar-refractivity contribution >= 4 is 29.1 Å². The molecule has 0 saturated heterocycles. The third-order valence-electron chi connectivity index (χ3n) is 3.34. The van der Waals surface area contributed by atoms with E-state index in [0.29, 0.717) is 11.1 Å². The van der Waals surface area contributed by atoms with Crippen LogP contribution in [0.5, 0.6) is 0 Å². The molecule has 1 amide bonds. The second-order valence-electron chi connectivity index (χ2n) is 4.76. The number of hydrogen-bond acceptors (Lipinski definition) is 1. The number of nitrogens with one attached hydrogen (secondary N) is 1. The molecule has 1 unspecified atom stereocenters. The van der Waals surface area contributed by atoms with Gasteiger partial charge in [0.15, 0.2) is 0 Å². The molecule has 1 fully saturated rings. The predicted octanol–water partition coefficient (Wildman–Crippen LogP) is 4.07. The number of hydrogen-bond donors (Lipinski definition) is 1. The van der Waals surface area contributed by atoms with E-state index < -0.39 is 5.38 Å². The van der Waals surface area contributed by atoms with E-state index >= 15 is 0 Å². The molecular formula is C14H17Cl2NO. The van der Waals surface area contributed by atoms with Gasteiger partial charge in [0.1, 0.15) is 5.38 Å². The van der Waals surface area contributed by atoms with Gasteiger partial charge in [-0.15, -0.1) is 11.6 Å². The van der Waals surface area contributed by atoms with Crippen LogP contribution in [0.1, 0.15) is 43.0 Å². The Labute approximate surface area is 118 Å². The van der Waals surface area contributed by atoms with Gasteiger partial charge in [-0.25, -0.2) is 0 Å². The summed E-state index contributed by atoms with van der Waals surface area (Å²) in [5.74, 6) is -0.106. The van der Waals surface area contributed by atoms with E-state index in [1.807, 2.05) is 0 Å². The lowest BCUT2D eigenvalue weighted by molar-refractivity contribution is -0.121. The number of halogens is 2. The molecule has 0 bridgehead atoms. The third kappa shape index (κ3) is 3.63. The summed E-state index contributed by atoms with van der Waals surface area (Å²) in [6.07, 6.45) is 5.79. The van der Waals surface area contributed by atoms with Crippen LogP contribution in [0.15, 0.2) is 24.3 Å². The molecule has 0 spiro atoms. The minimum Gasteiger partial charge on any atom is -0.352 e. The Morgan fingerprint density at radius 2 is 1.78 bits per heavy atom. The summed E-state index contributed by atoms with van der Waals surface area (Å²) in [4.78, 5) is 12.0. The van der Waals surface area contributed by atoms with Crippen molar-refractivity contribution in [2.75, 3.05) is 0 Å². The van der Waals surface area contributed by atoms with Crippen LogP contribution in [-0.2, 0) is 4.79 Å². The number of benzene rings is 1. The fourth-order valence-electron chi connectivity index (χ4n) is 2.30. The number of rotatable bonds is 3. The van der Waals surface area contributed by atoms with Gasteiger partial charge in [0.2, 0.25) is 5.91 Å². The molecule has 4 heteroatoms. The van der Waals surface area contributed by atoms with Gasteiger partial charge in [0, 0.05) is 11.1 Å². The van der Waals surface area contributed by atoms with Gasteiger partial charge in [0.05, 0.1) is 0 Å². The number of amides is 1. The van der Waals surface area contributed by atoms with E-state index in [2.05, 4.69) is 5.32 Å². The molecule has 0 aromatic heterocycles. The van der Waals surface area contributed by atoms with Gasteiger partial charge in [-0.3, -0.25) is 4.79 Å². The predicted molar refractivity (Wildman–Crippen MR) is 75.1 cm³/mol. The smallest absolute Gasteiger partial charge is 0.242 e. The minimum atomic E-state index is -0.635. The van der Waals surface area contributed by atoms with Crippen molar-refractivity contribution in [1.82, 2.24) is 5.32 Å². The lowest BCUT2D eigenvalue weighted by Gasteiger charge is -2.24. The normalized spacial score (nSPS) is 18.3. The molecule has 98 valence electrons. The van der Waals surface area contributed by atoms with Crippen LogP contribution in [0.25, 0.3) is 0 Å². The molecule has 2 nitrogen and oxygen atoms in total. The fourth-order valence-corrected chi connectivity index (χ4v) is 2.64. The number of carbonyl (C=O) groups excluding carboxylic acids is 1. The van der Waals surface area contributed by atoms with Crippen molar-refractivity contribution in [3.63, 3.8) is 0 Å². The maximum Gasteiger partial charge on any atom is 0.242 e. The Hall–Kier alpha value is -0.730. The first-order chi connectivity index (χ1) is 8.66. The van der Waals surface area contributed by atoms with Crippen LogP contribution in [0.4, 0.5) is 0 Å². The molecular weight excluding hydrogens is 269 g/mol. The van der Waals surface area contributed by atoms with Gasteiger partial charge in [0.25, 0.3) is 0 Å². The average molecular weight is 286 g/mol. The molecule has 1 aliphatic carbocycles. The first kappa shape index (κ1) is 13.7. The summed E-state index contributed by atoms with van der Waals surface area (Å²) in [5.41, 5.74) is 0.786. The van der Waals surface area contributed by atoms with Gasteiger partial charge in [-0.1, -0.05) is 43.0 Å². The van der Waals surface area contributed by atoms with Crippen LogP contribution in [0.2, 0.25) is 5.02 Å². The molecule has 1 atom stereocenters. The first-order valence-corrected chi connectivity index (χ1v) is 7.18. The summed E-state index contributed by atoms with van der Waals surface area (Å²) in [6, 6.07) is 7.38. The quantitative estimate of drug-likeness (QED) is 0.834. The molecule has 0 heterocycles. The van der Waals surface area contributed by atoms with Crippen LogP contribution in [0, 0.1) is 0 Å². The molecule has 1 aromatic carbocycles. The van der Waals surface area contributed by atoms with Gasteiger partial charge < -0.3 is 5.32 Å². The van der Waals surface area contributed by atoms with Crippen LogP contribution >= 0.6 is 23.2 Å². The minimum absolute atomic E-state index is 0.106. The van der Waals surface area contributed by atoms with Crippen molar-refractivity contribution in [3.05, 3.63) is 34.9 Å². The standard InChI is InChI=1S/C14H17Cl2NO/c15-11-8-6-10(7-9-11)13(16)14(18)17-12-4-2-1-3-5-12/h6-9,12-13H,1-5H2,(H,17,18). The zero-order valence-corrected chi connectivity index (χ0v) is 11.7. The molecule has 0 aliphatic heterocycles. The van der Waals surface area contributed by atoms with Crippen molar-refractivity contribution in [1.29, 1.82) is 0 Å². The highest BCUT2D eigenvalue weighted by Gasteiger charge is 2.22. The second kappa shape index (κ2) is 6.44. The van der Waals surface area contributed by atoms with E-state index in [1.54, 1.807) is 24.3 Å². The monoisotopic (exact) mass is 285 g/mol. The molecule has 1 aliphatic rings. The summed E-state index contributed by atoms with van der Waals surface area (Å²) < 4.78 is 0. The molecule has 1 saturated carbocycles. The topological polar surface area (TPSA) is 29.1 Å². The Balaban J connectivity index is 1.93. The Morgan fingerprint density at radius 1 is 1.17 bits per heavy atom. The average Bonchev–Trinajstić information content (AvgIpc) is 2.40. The van der Waals surface area contributed by atoms with Crippen molar-refractivity contribution in [3.8, 4) is 0 Å². The molecule has 18 heavy (non-hydrogen) atoms. The number of carbonyl (C=O) groups is 1. The summed E-state index contributed by atoms with van der Waals surface area (Å²) in [6.45, 7) is 0. The maximum absolute atomic E-state index is 12.0. The molecule has 1 N–H and O–H groups in total. The van der Waals surface area contributed by atoms with Gasteiger partial charge in [-0.05, 0) is 30.5 Å². The second-order valence-corrected chi connectivity index (χ2v) is 5.63. The van der Waals surface area contributed by atoms with Crippen LogP contribution < -0.4 is 5.32 Å². The highest BCUT2D eigenvalue weighted by atomic mass is 35.5. The van der Waals surface area contributed by atoms with E-state index in [9.17, 15) is 4.79 Å².